The molecule has 0 aliphatic carbocycles. The van der Waals surface area contributed by atoms with E-state index in [1.165, 1.54) is 11.3 Å². The van der Waals surface area contributed by atoms with Crippen molar-refractivity contribution in [3.05, 3.63) is 34.2 Å². The Bertz CT molecular complexity index is 592. The molecule has 106 valence electrons. The highest BCUT2D eigenvalue weighted by molar-refractivity contribution is 7.10. The number of aromatic nitrogens is 1. The molecule has 2 aromatic rings. The predicted molar refractivity (Wildman–Crippen MR) is 75.5 cm³/mol. The van der Waals surface area contributed by atoms with Crippen molar-refractivity contribution >= 4 is 29.0 Å². The molecule has 0 spiro atoms. The molecule has 0 unspecified atom stereocenters. The van der Waals surface area contributed by atoms with Crippen LogP contribution in [0, 0.1) is 6.92 Å². The van der Waals surface area contributed by atoms with Crippen molar-refractivity contribution in [2.45, 2.75) is 26.3 Å². The Morgan fingerprint density at radius 2 is 2.30 bits per heavy atom. The van der Waals surface area contributed by atoms with E-state index in [0.717, 1.165) is 4.88 Å². The molecule has 0 radical (unpaired) electrons. The van der Waals surface area contributed by atoms with Gasteiger partial charge < -0.3 is 15.2 Å². The van der Waals surface area contributed by atoms with Gasteiger partial charge in [-0.1, -0.05) is 11.2 Å². The Labute approximate surface area is 120 Å². The van der Waals surface area contributed by atoms with Gasteiger partial charge in [0.05, 0.1) is 6.42 Å². The van der Waals surface area contributed by atoms with Gasteiger partial charge in [0, 0.05) is 10.9 Å². The largest absolute Gasteiger partial charge is 0.360 e. The van der Waals surface area contributed by atoms with Gasteiger partial charge in [0.15, 0.2) is 5.82 Å². The minimum Gasteiger partial charge on any atom is -0.360 e. The van der Waals surface area contributed by atoms with Gasteiger partial charge >= 0.3 is 0 Å². The third-order valence-corrected chi connectivity index (χ3v) is 3.44. The summed E-state index contributed by atoms with van der Waals surface area (Å²) in [6, 6.07) is 4.74. The molecule has 2 heterocycles. The number of carbonyl (C=O) groups is 2. The first-order valence-electron chi connectivity index (χ1n) is 6.10. The van der Waals surface area contributed by atoms with Crippen LogP contribution in [0.3, 0.4) is 0 Å². The number of rotatable bonds is 5. The van der Waals surface area contributed by atoms with E-state index < -0.39 is 6.04 Å². The summed E-state index contributed by atoms with van der Waals surface area (Å²) < 4.78 is 4.85. The minimum absolute atomic E-state index is 0.188. The van der Waals surface area contributed by atoms with Crippen LogP contribution in [0.2, 0.25) is 0 Å². The summed E-state index contributed by atoms with van der Waals surface area (Å²) in [6.07, 6.45) is 0.276. The van der Waals surface area contributed by atoms with Crippen LogP contribution in [0.25, 0.3) is 0 Å². The van der Waals surface area contributed by atoms with Gasteiger partial charge in [0.1, 0.15) is 11.8 Å². The van der Waals surface area contributed by atoms with Crippen LogP contribution in [0.5, 0.6) is 0 Å². The van der Waals surface area contributed by atoms with E-state index in [2.05, 4.69) is 15.8 Å². The van der Waals surface area contributed by atoms with Gasteiger partial charge in [-0.3, -0.25) is 9.59 Å². The number of hydrogen-bond acceptors (Lipinski definition) is 5. The molecule has 0 aliphatic rings. The standard InChI is InChI=1S/C13H15N3O3S/c1-8-6-11(16-19-8)15-13(18)9(2)14-12(17)7-10-4-3-5-20-10/h3-6,9H,7H2,1-2H3,(H,14,17)(H,15,16,18)/t9-/m0/s1. The first-order chi connectivity index (χ1) is 9.54. The van der Waals surface area contributed by atoms with Crippen molar-refractivity contribution in [2.75, 3.05) is 5.32 Å². The van der Waals surface area contributed by atoms with Crippen molar-refractivity contribution in [3.8, 4) is 0 Å². The molecule has 0 bridgehead atoms. The maximum absolute atomic E-state index is 11.9. The highest BCUT2D eigenvalue weighted by Gasteiger charge is 2.17. The van der Waals surface area contributed by atoms with Crippen molar-refractivity contribution in [1.82, 2.24) is 10.5 Å². The number of amides is 2. The lowest BCUT2D eigenvalue weighted by molar-refractivity contribution is -0.125. The molecule has 6 nitrogen and oxygen atoms in total. The average molecular weight is 293 g/mol. The first kappa shape index (κ1) is 14.3. The van der Waals surface area contributed by atoms with Crippen LogP contribution < -0.4 is 10.6 Å². The fraction of sp³-hybridized carbons (Fsp3) is 0.308. The van der Waals surface area contributed by atoms with Gasteiger partial charge in [0.25, 0.3) is 0 Å². The number of nitrogens with zero attached hydrogens (tertiary/aromatic N) is 1. The summed E-state index contributed by atoms with van der Waals surface area (Å²) in [7, 11) is 0. The van der Waals surface area contributed by atoms with Crippen LogP contribution in [0.4, 0.5) is 5.82 Å². The second kappa shape index (κ2) is 6.33. The minimum atomic E-state index is -0.639. The molecule has 2 aromatic heterocycles. The molecule has 1 atom stereocenters. The third kappa shape index (κ3) is 3.92. The van der Waals surface area contributed by atoms with E-state index in [0.29, 0.717) is 11.6 Å². The third-order valence-electron chi connectivity index (χ3n) is 2.56. The summed E-state index contributed by atoms with van der Waals surface area (Å²) in [6.45, 7) is 3.35. The van der Waals surface area contributed by atoms with Gasteiger partial charge in [0.2, 0.25) is 11.8 Å². The molecule has 0 saturated heterocycles. The van der Waals surface area contributed by atoms with E-state index in [1.807, 2.05) is 17.5 Å². The van der Waals surface area contributed by atoms with Crippen molar-refractivity contribution in [1.29, 1.82) is 0 Å². The predicted octanol–water partition coefficient (Wildman–Crippen LogP) is 1.73. The Kier molecular flexibility index (Phi) is 4.52. The maximum atomic E-state index is 11.9. The van der Waals surface area contributed by atoms with Crippen LogP contribution in [-0.4, -0.2) is 23.0 Å². The van der Waals surface area contributed by atoms with E-state index in [-0.39, 0.29) is 18.2 Å². The van der Waals surface area contributed by atoms with E-state index >= 15 is 0 Å². The number of nitrogens with one attached hydrogen (secondary N) is 2. The number of hydrogen-bond donors (Lipinski definition) is 2. The summed E-state index contributed by atoms with van der Waals surface area (Å²) in [5, 5.41) is 10.8. The van der Waals surface area contributed by atoms with Crippen molar-refractivity contribution in [3.63, 3.8) is 0 Å². The van der Waals surface area contributed by atoms with Crippen molar-refractivity contribution < 1.29 is 14.1 Å². The Morgan fingerprint density at radius 3 is 2.90 bits per heavy atom. The normalized spacial score (nSPS) is 11.9. The molecule has 2 amide bonds. The summed E-state index contributed by atoms with van der Waals surface area (Å²) in [5.41, 5.74) is 0. The van der Waals surface area contributed by atoms with Crippen molar-refractivity contribution in [2.24, 2.45) is 0 Å². The molecule has 0 fully saturated rings. The molecule has 0 aromatic carbocycles. The van der Waals surface area contributed by atoms with Gasteiger partial charge in [-0.25, -0.2) is 0 Å². The van der Waals surface area contributed by atoms with Gasteiger partial charge in [-0.2, -0.15) is 0 Å². The van der Waals surface area contributed by atoms with Crippen LogP contribution in [0.1, 0.15) is 17.6 Å². The zero-order valence-corrected chi connectivity index (χ0v) is 12.0. The molecule has 0 saturated carbocycles. The molecule has 7 heteroatoms. The smallest absolute Gasteiger partial charge is 0.247 e. The first-order valence-corrected chi connectivity index (χ1v) is 6.98. The monoisotopic (exact) mass is 293 g/mol. The molecular weight excluding hydrogens is 278 g/mol. The van der Waals surface area contributed by atoms with Crippen LogP contribution >= 0.6 is 11.3 Å². The fourth-order valence-electron chi connectivity index (χ4n) is 1.59. The highest BCUT2D eigenvalue weighted by Crippen LogP contribution is 2.09. The highest BCUT2D eigenvalue weighted by atomic mass is 32.1. The average Bonchev–Trinajstić information content (AvgIpc) is 3.01. The Balaban J connectivity index is 1.83. The number of thiophene rings is 1. The lowest BCUT2D eigenvalue weighted by Gasteiger charge is -2.12. The summed E-state index contributed by atoms with van der Waals surface area (Å²) in [4.78, 5) is 24.6. The molecule has 2 rings (SSSR count). The Morgan fingerprint density at radius 1 is 1.50 bits per heavy atom. The van der Waals surface area contributed by atoms with Gasteiger partial charge in [-0.05, 0) is 25.3 Å². The van der Waals surface area contributed by atoms with Crippen LogP contribution in [0.15, 0.2) is 28.1 Å². The van der Waals surface area contributed by atoms with Gasteiger partial charge in [-0.15, -0.1) is 11.3 Å². The van der Waals surface area contributed by atoms with Crippen LogP contribution in [-0.2, 0) is 16.0 Å². The fourth-order valence-corrected chi connectivity index (χ4v) is 2.29. The number of anilines is 1. The van der Waals surface area contributed by atoms with E-state index in [9.17, 15) is 9.59 Å². The maximum Gasteiger partial charge on any atom is 0.247 e. The van der Waals surface area contributed by atoms with E-state index in [4.69, 9.17) is 4.52 Å². The number of aryl methyl sites for hydroxylation is 1. The zero-order chi connectivity index (χ0) is 14.5. The molecule has 0 aliphatic heterocycles. The van der Waals surface area contributed by atoms with E-state index in [1.54, 1.807) is 19.9 Å². The Hall–Kier alpha value is -2.15. The topological polar surface area (TPSA) is 84.2 Å². The second-order valence-corrected chi connectivity index (χ2v) is 5.39. The SMILES string of the molecule is Cc1cc(NC(=O)[C@H](C)NC(=O)Cc2cccs2)no1. The lowest BCUT2D eigenvalue weighted by Crippen LogP contribution is -2.42. The number of carbonyl (C=O) groups excluding carboxylic acids is 2. The molecular formula is C13H15N3O3S. The lowest BCUT2D eigenvalue weighted by atomic mass is 10.2. The summed E-state index contributed by atoms with van der Waals surface area (Å²) >= 11 is 1.51. The molecule has 2 N–H and O–H groups in total. The zero-order valence-electron chi connectivity index (χ0n) is 11.2. The summed E-state index contributed by atoms with van der Waals surface area (Å²) in [5.74, 6) is 0.422. The quantitative estimate of drug-likeness (QED) is 0.879. The second-order valence-electron chi connectivity index (χ2n) is 4.36. The molecule has 20 heavy (non-hydrogen) atoms.